The van der Waals surface area contributed by atoms with Crippen molar-refractivity contribution in [1.29, 1.82) is 0 Å². The minimum absolute atomic E-state index is 0.0489. The number of amides is 1. The van der Waals surface area contributed by atoms with Gasteiger partial charge in [0, 0.05) is 11.4 Å². The molecule has 4 heteroatoms. The van der Waals surface area contributed by atoms with Crippen LogP contribution in [0.1, 0.15) is 47.9 Å². The summed E-state index contributed by atoms with van der Waals surface area (Å²) in [5.41, 5.74) is 3.76. The number of thiophene rings is 1. The summed E-state index contributed by atoms with van der Waals surface area (Å²) in [6.45, 7) is 8.63. The van der Waals surface area contributed by atoms with Gasteiger partial charge in [0.15, 0.2) is 0 Å². The number of benzene rings is 1. The highest BCUT2D eigenvalue weighted by Crippen LogP contribution is 2.37. The maximum absolute atomic E-state index is 12.9. The van der Waals surface area contributed by atoms with Gasteiger partial charge < -0.3 is 10.2 Å². The van der Waals surface area contributed by atoms with Gasteiger partial charge in [-0.15, -0.1) is 11.3 Å². The summed E-state index contributed by atoms with van der Waals surface area (Å²) < 4.78 is 0. The molecule has 2 heterocycles. The second-order valence-electron chi connectivity index (χ2n) is 7.10. The summed E-state index contributed by atoms with van der Waals surface area (Å²) in [5.74, 6) is 0.803. The number of carbonyl (C=O) groups excluding carboxylic acids is 1. The van der Waals surface area contributed by atoms with E-state index in [0.29, 0.717) is 12.5 Å². The smallest absolute Gasteiger partial charge is 0.237 e. The van der Waals surface area contributed by atoms with Gasteiger partial charge in [0.25, 0.3) is 0 Å². The Kier molecular flexibility index (Phi) is 5.92. The van der Waals surface area contributed by atoms with E-state index in [9.17, 15) is 4.79 Å². The standard InChI is InChI=1S/C21H28N2OS/c1-4-15(2)13-22-14-20(24)23-10-8-19-18(9-11-25-19)21(23)17-7-5-6-16(3)12-17/h5-7,9,11-12,15,21-22H,4,8,10,13-14H2,1-3H3. The Balaban J connectivity index is 1.81. The zero-order chi connectivity index (χ0) is 17.8. The van der Waals surface area contributed by atoms with Crippen molar-refractivity contribution in [3.63, 3.8) is 0 Å². The third-order valence-corrected chi connectivity index (χ3v) is 6.11. The van der Waals surface area contributed by atoms with Crippen LogP contribution in [0.25, 0.3) is 0 Å². The molecule has 1 N–H and O–H groups in total. The van der Waals surface area contributed by atoms with Gasteiger partial charge in [0.05, 0.1) is 12.6 Å². The highest BCUT2D eigenvalue weighted by Gasteiger charge is 2.32. The lowest BCUT2D eigenvalue weighted by atomic mass is 9.92. The largest absolute Gasteiger partial charge is 0.330 e. The second kappa shape index (κ2) is 8.15. The van der Waals surface area contributed by atoms with E-state index in [2.05, 4.69) is 66.7 Å². The van der Waals surface area contributed by atoms with Crippen molar-refractivity contribution in [2.75, 3.05) is 19.6 Å². The Morgan fingerprint density at radius 3 is 3.00 bits per heavy atom. The molecule has 2 aromatic rings. The molecule has 3 nitrogen and oxygen atoms in total. The fraction of sp³-hybridized carbons (Fsp3) is 0.476. The van der Waals surface area contributed by atoms with E-state index in [1.807, 2.05) is 11.3 Å². The van der Waals surface area contributed by atoms with E-state index < -0.39 is 0 Å². The normalized spacial score (nSPS) is 18.0. The van der Waals surface area contributed by atoms with Crippen LogP contribution in [0.5, 0.6) is 0 Å². The summed E-state index contributed by atoms with van der Waals surface area (Å²) >= 11 is 1.81. The van der Waals surface area contributed by atoms with Crippen molar-refractivity contribution in [3.8, 4) is 0 Å². The Bertz CT molecular complexity index is 724. The van der Waals surface area contributed by atoms with Crippen LogP contribution in [0.15, 0.2) is 35.7 Å². The van der Waals surface area contributed by atoms with Crippen molar-refractivity contribution >= 4 is 17.2 Å². The molecule has 0 radical (unpaired) electrons. The molecule has 0 aliphatic carbocycles. The first-order chi connectivity index (χ1) is 12.1. The fourth-order valence-electron chi connectivity index (χ4n) is 3.46. The Labute approximate surface area is 155 Å². The molecule has 0 saturated heterocycles. The highest BCUT2D eigenvalue weighted by molar-refractivity contribution is 7.10. The maximum Gasteiger partial charge on any atom is 0.237 e. The van der Waals surface area contributed by atoms with Crippen LogP contribution >= 0.6 is 11.3 Å². The Morgan fingerprint density at radius 2 is 2.24 bits per heavy atom. The summed E-state index contributed by atoms with van der Waals surface area (Å²) in [6, 6.07) is 10.8. The number of hydrogen-bond acceptors (Lipinski definition) is 3. The topological polar surface area (TPSA) is 32.3 Å². The van der Waals surface area contributed by atoms with Crippen LogP contribution in [0, 0.1) is 12.8 Å². The molecule has 1 aromatic carbocycles. The number of nitrogens with one attached hydrogen (secondary N) is 1. The van der Waals surface area contributed by atoms with Crippen molar-refractivity contribution < 1.29 is 4.79 Å². The summed E-state index contributed by atoms with van der Waals surface area (Å²) in [5, 5.41) is 5.50. The molecular formula is C21H28N2OS. The fourth-order valence-corrected chi connectivity index (χ4v) is 4.36. The molecule has 2 unspecified atom stereocenters. The highest BCUT2D eigenvalue weighted by atomic mass is 32.1. The molecule has 0 saturated carbocycles. The zero-order valence-electron chi connectivity index (χ0n) is 15.4. The van der Waals surface area contributed by atoms with Gasteiger partial charge in [-0.25, -0.2) is 0 Å². The van der Waals surface area contributed by atoms with Gasteiger partial charge in [-0.1, -0.05) is 50.1 Å². The van der Waals surface area contributed by atoms with Crippen LogP contribution in [0.3, 0.4) is 0 Å². The number of aryl methyl sites for hydroxylation is 1. The van der Waals surface area contributed by atoms with Crippen LogP contribution in [0.2, 0.25) is 0 Å². The second-order valence-corrected chi connectivity index (χ2v) is 8.10. The first-order valence-electron chi connectivity index (χ1n) is 9.23. The molecule has 1 amide bonds. The molecule has 1 aliphatic heterocycles. The lowest BCUT2D eigenvalue weighted by Crippen LogP contribution is -2.44. The van der Waals surface area contributed by atoms with Gasteiger partial charge in [0.1, 0.15) is 0 Å². The monoisotopic (exact) mass is 356 g/mol. The van der Waals surface area contributed by atoms with Crippen LogP contribution in [-0.2, 0) is 11.2 Å². The summed E-state index contributed by atoms with van der Waals surface area (Å²) in [4.78, 5) is 16.4. The molecule has 0 bridgehead atoms. The minimum atomic E-state index is 0.0489. The third kappa shape index (κ3) is 4.13. The van der Waals surface area contributed by atoms with Crippen molar-refractivity contribution in [1.82, 2.24) is 10.2 Å². The molecular weight excluding hydrogens is 328 g/mol. The summed E-state index contributed by atoms with van der Waals surface area (Å²) in [6.07, 6.45) is 2.10. The first-order valence-corrected chi connectivity index (χ1v) is 10.1. The molecule has 3 rings (SSSR count). The number of carbonyl (C=O) groups is 1. The lowest BCUT2D eigenvalue weighted by Gasteiger charge is -2.36. The first kappa shape index (κ1) is 18.2. The average Bonchev–Trinajstić information content (AvgIpc) is 3.09. The molecule has 134 valence electrons. The van der Waals surface area contributed by atoms with Crippen LogP contribution < -0.4 is 5.32 Å². The van der Waals surface area contributed by atoms with Crippen molar-refractivity contribution in [2.24, 2.45) is 5.92 Å². The molecule has 0 fully saturated rings. The third-order valence-electron chi connectivity index (χ3n) is 5.11. The van der Waals surface area contributed by atoms with Crippen molar-refractivity contribution in [3.05, 3.63) is 57.3 Å². The molecule has 1 aromatic heterocycles. The molecule has 25 heavy (non-hydrogen) atoms. The number of rotatable bonds is 6. The number of hydrogen-bond donors (Lipinski definition) is 1. The number of fused-ring (bicyclic) bond motifs is 1. The van der Waals surface area contributed by atoms with Crippen LogP contribution in [-0.4, -0.2) is 30.4 Å². The van der Waals surface area contributed by atoms with E-state index in [1.54, 1.807) is 0 Å². The average molecular weight is 357 g/mol. The van der Waals surface area contributed by atoms with Gasteiger partial charge >= 0.3 is 0 Å². The SMILES string of the molecule is CCC(C)CNCC(=O)N1CCc2sccc2C1c1cccc(C)c1. The van der Waals surface area contributed by atoms with Gasteiger partial charge in [-0.3, -0.25) is 4.79 Å². The van der Waals surface area contributed by atoms with Crippen LogP contribution in [0.4, 0.5) is 0 Å². The van der Waals surface area contributed by atoms with Gasteiger partial charge in [-0.2, -0.15) is 0 Å². The van der Waals surface area contributed by atoms with Gasteiger partial charge in [-0.05, 0) is 48.4 Å². The molecule has 0 spiro atoms. The predicted molar refractivity (Wildman–Crippen MR) is 105 cm³/mol. The Hall–Kier alpha value is -1.65. The molecule has 2 atom stereocenters. The van der Waals surface area contributed by atoms with Crippen molar-refractivity contribution in [2.45, 2.75) is 39.7 Å². The zero-order valence-corrected chi connectivity index (χ0v) is 16.2. The quantitative estimate of drug-likeness (QED) is 0.843. The van der Waals surface area contributed by atoms with E-state index in [0.717, 1.165) is 25.9 Å². The minimum Gasteiger partial charge on any atom is -0.330 e. The Morgan fingerprint density at radius 1 is 1.40 bits per heavy atom. The van der Waals surface area contributed by atoms with E-state index in [-0.39, 0.29) is 11.9 Å². The lowest BCUT2D eigenvalue weighted by molar-refractivity contribution is -0.132. The number of nitrogens with zero attached hydrogens (tertiary/aromatic N) is 1. The molecule has 1 aliphatic rings. The van der Waals surface area contributed by atoms with Gasteiger partial charge in [0.2, 0.25) is 5.91 Å². The predicted octanol–water partition coefficient (Wildman–Crippen LogP) is 4.17. The maximum atomic E-state index is 12.9. The van der Waals surface area contributed by atoms with E-state index in [4.69, 9.17) is 0 Å². The van der Waals surface area contributed by atoms with E-state index >= 15 is 0 Å². The van der Waals surface area contributed by atoms with E-state index in [1.165, 1.54) is 21.6 Å². The summed E-state index contributed by atoms with van der Waals surface area (Å²) in [7, 11) is 0.